The van der Waals surface area contributed by atoms with Gasteiger partial charge < -0.3 is 9.84 Å². The van der Waals surface area contributed by atoms with Crippen LogP contribution >= 0.6 is 0 Å². The van der Waals surface area contributed by atoms with E-state index in [0.29, 0.717) is 18.9 Å². The van der Waals surface area contributed by atoms with E-state index >= 15 is 0 Å². The second-order valence-electron chi connectivity index (χ2n) is 5.63. The molecule has 0 radical (unpaired) electrons. The van der Waals surface area contributed by atoms with Gasteiger partial charge in [0.15, 0.2) is 5.69 Å². The van der Waals surface area contributed by atoms with Crippen molar-refractivity contribution < 1.29 is 14.6 Å². The van der Waals surface area contributed by atoms with Crippen molar-refractivity contribution >= 4 is 5.97 Å². The lowest BCUT2D eigenvalue weighted by molar-refractivity contribution is 0.0638. The molecule has 0 bridgehead atoms. The maximum Gasteiger partial charge on any atom is 0.358 e. The molecule has 2 rings (SSSR count). The number of nitrogens with zero attached hydrogens (tertiary/aromatic N) is 3. The van der Waals surface area contributed by atoms with Gasteiger partial charge in [0.25, 0.3) is 0 Å². The van der Waals surface area contributed by atoms with Gasteiger partial charge in [0.05, 0.1) is 11.7 Å². The first-order valence-electron chi connectivity index (χ1n) is 6.18. The van der Waals surface area contributed by atoms with E-state index in [1.54, 1.807) is 4.68 Å². The fourth-order valence-electron chi connectivity index (χ4n) is 2.32. The summed E-state index contributed by atoms with van der Waals surface area (Å²) in [5, 5.41) is 17.1. The molecular formula is C12H19N3O3. The molecule has 1 aromatic heterocycles. The van der Waals surface area contributed by atoms with Gasteiger partial charge in [-0.3, -0.25) is 0 Å². The summed E-state index contributed by atoms with van der Waals surface area (Å²) >= 11 is 0. The van der Waals surface area contributed by atoms with Crippen LogP contribution in [0.2, 0.25) is 0 Å². The third-order valence-electron chi connectivity index (χ3n) is 3.14. The number of rotatable bonds is 2. The Bertz CT molecular complexity index is 442. The predicted octanol–water partition coefficient (Wildman–Crippen LogP) is 1.63. The zero-order valence-electron chi connectivity index (χ0n) is 11.0. The number of ether oxygens (including phenoxy) is 1. The lowest BCUT2D eigenvalue weighted by Crippen LogP contribution is -2.27. The Labute approximate surface area is 106 Å². The van der Waals surface area contributed by atoms with Crippen LogP contribution in [0.1, 0.15) is 55.8 Å². The molecule has 0 aliphatic carbocycles. The number of aromatic nitrogens is 3. The van der Waals surface area contributed by atoms with Crippen LogP contribution in [0.25, 0.3) is 0 Å². The highest BCUT2D eigenvalue weighted by Crippen LogP contribution is 2.30. The molecule has 2 heterocycles. The fraction of sp³-hybridized carbons (Fsp3) is 0.750. The molecule has 1 aromatic rings. The molecule has 18 heavy (non-hydrogen) atoms. The Hall–Kier alpha value is -1.43. The number of aromatic carboxylic acids is 1. The van der Waals surface area contributed by atoms with E-state index in [9.17, 15) is 9.90 Å². The Morgan fingerprint density at radius 3 is 2.50 bits per heavy atom. The molecule has 6 heteroatoms. The van der Waals surface area contributed by atoms with Crippen LogP contribution in [0.15, 0.2) is 0 Å². The molecule has 1 N–H and O–H groups in total. The average molecular weight is 253 g/mol. The van der Waals surface area contributed by atoms with Crippen molar-refractivity contribution in [3.63, 3.8) is 0 Å². The van der Waals surface area contributed by atoms with Crippen molar-refractivity contribution in [3.05, 3.63) is 11.4 Å². The minimum absolute atomic E-state index is 0.0639. The average Bonchev–Trinajstić information content (AvgIpc) is 2.74. The van der Waals surface area contributed by atoms with Gasteiger partial charge in [-0.15, -0.1) is 5.10 Å². The zero-order valence-corrected chi connectivity index (χ0v) is 11.0. The summed E-state index contributed by atoms with van der Waals surface area (Å²) in [7, 11) is 0. The van der Waals surface area contributed by atoms with Gasteiger partial charge in [0, 0.05) is 18.6 Å². The van der Waals surface area contributed by atoms with Crippen LogP contribution in [0.3, 0.4) is 0 Å². The van der Waals surface area contributed by atoms with E-state index in [0.717, 1.165) is 12.8 Å². The Kier molecular flexibility index (Phi) is 3.38. The molecule has 100 valence electrons. The highest BCUT2D eigenvalue weighted by molar-refractivity contribution is 5.86. The first-order valence-corrected chi connectivity index (χ1v) is 6.18. The number of carboxylic acid groups (broad SMARTS) is 1. The molecular weight excluding hydrogens is 234 g/mol. The number of carbonyl (C=O) groups is 1. The Morgan fingerprint density at radius 1 is 1.39 bits per heavy atom. The van der Waals surface area contributed by atoms with Crippen LogP contribution in [-0.2, 0) is 10.2 Å². The molecule has 0 atom stereocenters. The van der Waals surface area contributed by atoms with Gasteiger partial charge >= 0.3 is 5.97 Å². The van der Waals surface area contributed by atoms with Crippen molar-refractivity contribution in [3.8, 4) is 0 Å². The SMILES string of the molecule is CC(C)(C)c1c(C(=O)O)nnn1C1CCOCC1. The van der Waals surface area contributed by atoms with Gasteiger partial charge in [0.2, 0.25) is 0 Å². The van der Waals surface area contributed by atoms with Crippen LogP contribution in [0, 0.1) is 0 Å². The maximum absolute atomic E-state index is 11.2. The van der Waals surface area contributed by atoms with E-state index < -0.39 is 5.97 Å². The van der Waals surface area contributed by atoms with Crippen molar-refractivity contribution in [2.45, 2.75) is 45.1 Å². The number of hydrogen-bond acceptors (Lipinski definition) is 4. The summed E-state index contributed by atoms with van der Waals surface area (Å²) in [5.41, 5.74) is 0.464. The molecule has 0 amide bonds. The van der Waals surface area contributed by atoms with Gasteiger partial charge in [-0.25, -0.2) is 9.48 Å². The normalized spacial score (nSPS) is 17.9. The predicted molar refractivity (Wildman–Crippen MR) is 64.8 cm³/mol. The first-order chi connectivity index (χ1) is 8.41. The summed E-state index contributed by atoms with van der Waals surface area (Å²) in [5.74, 6) is -1.02. The highest BCUT2D eigenvalue weighted by atomic mass is 16.5. The van der Waals surface area contributed by atoms with Crippen molar-refractivity contribution in [1.82, 2.24) is 15.0 Å². The number of carboxylic acids is 1. The lowest BCUT2D eigenvalue weighted by atomic mass is 9.89. The summed E-state index contributed by atoms with van der Waals surface area (Å²) in [6, 6.07) is 0.188. The summed E-state index contributed by atoms with van der Waals surface area (Å²) in [4.78, 5) is 11.2. The maximum atomic E-state index is 11.2. The molecule has 0 spiro atoms. The van der Waals surface area contributed by atoms with Crippen LogP contribution in [0.4, 0.5) is 0 Å². The van der Waals surface area contributed by atoms with Gasteiger partial charge in [-0.2, -0.15) is 0 Å². The molecule has 0 unspecified atom stereocenters. The van der Waals surface area contributed by atoms with Crippen molar-refractivity contribution in [2.24, 2.45) is 0 Å². The fourth-order valence-corrected chi connectivity index (χ4v) is 2.32. The Morgan fingerprint density at radius 2 is 2.00 bits per heavy atom. The van der Waals surface area contributed by atoms with Crippen molar-refractivity contribution in [1.29, 1.82) is 0 Å². The second-order valence-corrected chi connectivity index (χ2v) is 5.63. The van der Waals surface area contributed by atoms with E-state index in [-0.39, 0.29) is 17.2 Å². The monoisotopic (exact) mass is 253 g/mol. The quantitative estimate of drug-likeness (QED) is 0.866. The summed E-state index contributed by atoms with van der Waals surface area (Å²) in [6.45, 7) is 7.32. The third-order valence-corrected chi connectivity index (χ3v) is 3.14. The second kappa shape index (κ2) is 4.68. The van der Waals surface area contributed by atoms with Crippen LogP contribution < -0.4 is 0 Å². The minimum Gasteiger partial charge on any atom is -0.476 e. The molecule has 6 nitrogen and oxygen atoms in total. The van der Waals surface area contributed by atoms with E-state index in [1.165, 1.54) is 0 Å². The topological polar surface area (TPSA) is 77.2 Å². The molecule has 0 aromatic carbocycles. The first kappa shape index (κ1) is 13.0. The van der Waals surface area contributed by atoms with E-state index in [1.807, 2.05) is 20.8 Å². The largest absolute Gasteiger partial charge is 0.476 e. The smallest absolute Gasteiger partial charge is 0.358 e. The van der Waals surface area contributed by atoms with Gasteiger partial charge in [-0.05, 0) is 12.8 Å². The molecule has 1 aliphatic rings. The third kappa shape index (κ3) is 2.38. The molecule has 1 fully saturated rings. The van der Waals surface area contributed by atoms with E-state index in [2.05, 4.69) is 10.3 Å². The van der Waals surface area contributed by atoms with Crippen LogP contribution in [0.5, 0.6) is 0 Å². The molecule has 0 saturated carbocycles. The van der Waals surface area contributed by atoms with Gasteiger partial charge in [-0.1, -0.05) is 26.0 Å². The summed E-state index contributed by atoms with van der Waals surface area (Å²) < 4.78 is 7.11. The van der Waals surface area contributed by atoms with Gasteiger partial charge in [0.1, 0.15) is 0 Å². The van der Waals surface area contributed by atoms with Crippen molar-refractivity contribution in [2.75, 3.05) is 13.2 Å². The van der Waals surface area contributed by atoms with E-state index in [4.69, 9.17) is 4.74 Å². The highest BCUT2D eigenvalue weighted by Gasteiger charge is 2.32. The van der Waals surface area contributed by atoms with Crippen LogP contribution in [-0.4, -0.2) is 39.3 Å². The summed E-state index contributed by atoms with van der Waals surface area (Å²) in [6.07, 6.45) is 1.71. The minimum atomic E-state index is -1.02. The lowest BCUT2D eigenvalue weighted by Gasteiger charge is -2.27. The molecule has 1 saturated heterocycles. The standard InChI is InChI=1S/C12H19N3O3/c1-12(2,3)10-9(11(16)17)13-14-15(10)8-4-6-18-7-5-8/h8H,4-7H2,1-3H3,(H,16,17). The number of hydrogen-bond donors (Lipinski definition) is 1. The Balaban J connectivity index is 2.44. The molecule has 1 aliphatic heterocycles. The zero-order chi connectivity index (χ0) is 13.3.